The topological polar surface area (TPSA) is 85.1 Å². The van der Waals surface area contributed by atoms with Crippen molar-refractivity contribution in [2.24, 2.45) is 5.73 Å². The van der Waals surface area contributed by atoms with Crippen LogP contribution in [0.2, 0.25) is 0 Å². The highest BCUT2D eigenvalue weighted by Gasteiger charge is 2.24. The first-order chi connectivity index (χ1) is 10.6. The third kappa shape index (κ3) is 4.49. The lowest BCUT2D eigenvalue weighted by Crippen LogP contribution is -2.51. The van der Waals surface area contributed by atoms with Crippen LogP contribution in [0.4, 0.5) is 0 Å². The fraction of sp³-hybridized carbons (Fsp3) is 0.467. The summed E-state index contributed by atoms with van der Waals surface area (Å²) in [5, 5.41) is 0. The molecule has 0 aromatic heterocycles. The summed E-state index contributed by atoms with van der Waals surface area (Å²) >= 11 is 0. The Morgan fingerprint density at radius 1 is 1.00 bits per heavy atom. The quantitative estimate of drug-likeness (QED) is 0.853. The van der Waals surface area contributed by atoms with E-state index in [-0.39, 0.29) is 30.8 Å². The molecule has 2 rings (SSSR count). The molecule has 0 bridgehead atoms. The minimum absolute atomic E-state index is 0. The van der Waals surface area contributed by atoms with Crippen LogP contribution in [0.25, 0.3) is 0 Å². The van der Waals surface area contributed by atoms with E-state index < -0.39 is 0 Å². The maximum absolute atomic E-state index is 12.6. The molecular weight excluding hydrogens is 322 g/mol. The fourth-order valence-corrected chi connectivity index (χ4v) is 2.40. The van der Waals surface area contributed by atoms with Crippen LogP contribution in [0.15, 0.2) is 18.2 Å². The minimum atomic E-state index is -0.1000. The van der Waals surface area contributed by atoms with Crippen molar-refractivity contribution in [3.05, 3.63) is 23.8 Å². The number of methoxy groups -OCH3 is 2. The number of hydrogen-bond acceptors (Lipinski definition) is 5. The third-order valence-electron chi connectivity index (χ3n) is 3.69. The third-order valence-corrected chi connectivity index (χ3v) is 3.69. The summed E-state index contributed by atoms with van der Waals surface area (Å²) in [6, 6.07) is 5.08. The number of ether oxygens (including phenoxy) is 2. The zero-order chi connectivity index (χ0) is 16.1. The first-order valence-corrected chi connectivity index (χ1v) is 7.09. The Hall–Kier alpha value is -1.99. The van der Waals surface area contributed by atoms with Gasteiger partial charge in [-0.1, -0.05) is 0 Å². The van der Waals surface area contributed by atoms with Gasteiger partial charge in [-0.2, -0.15) is 0 Å². The van der Waals surface area contributed by atoms with Gasteiger partial charge in [-0.05, 0) is 12.1 Å². The van der Waals surface area contributed by atoms with Crippen LogP contribution in [0.1, 0.15) is 10.4 Å². The molecule has 1 saturated heterocycles. The Bertz CT molecular complexity index is 537. The summed E-state index contributed by atoms with van der Waals surface area (Å²) in [4.78, 5) is 27.5. The van der Waals surface area contributed by atoms with E-state index >= 15 is 0 Å². The van der Waals surface area contributed by atoms with Crippen LogP contribution in [-0.4, -0.2) is 68.6 Å². The number of benzene rings is 1. The average Bonchev–Trinajstić information content (AvgIpc) is 2.59. The SMILES string of the molecule is COc1cc(OC)cc(C(=O)N2CCN(C(=O)CN)CC2)c1.Cl. The second kappa shape index (κ2) is 8.59. The highest BCUT2D eigenvalue weighted by Crippen LogP contribution is 2.23. The number of hydrogen-bond donors (Lipinski definition) is 1. The number of carbonyl (C=O) groups is 2. The Labute approximate surface area is 141 Å². The molecule has 0 atom stereocenters. The number of nitrogens with zero attached hydrogens (tertiary/aromatic N) is 2. The zero-order valence-electron chi connectivity index (χ0n) is 13.3. The standard InChI is InChI=1S/C15H21N3O4.ClH/c1-21-12-7-11(8-13(9-12)22-2)15(20)18-5-3-17(4-6-18)14(19)10-16;/h7-9H,3-6,10,16H2,1-2H3;1H. The molecule has 1 aromatic carbocycles. The van der Waals surface area contributed by atoms with Crippen LogP contribution >= 0.6 is 12.4 Å². The molecule has 1 fully saturated rings. The van der Waals surface area contributed by atoms with Crippen molar-refractivity contribution in [1.29, 1.82) is 0 Å². The van der Waals surface area contributed by atoms with Crippen LogP contribution in [-0.2, 0) is 4.79 Å². The lowest BCUT2D eigenvalue weighted by Gasteiger charge is -2.34. The molecule has 8 heteroatoms. The van der Waals surface area contributed by atoms with Gasteiger partial charge in [0.15, 0.2) is 0 Å². The summed E-state index contributed by atoms with van der Waals surface area (Å²) in [7, 11) is 3.08. The van der Waals surface area contributed by atoms with Crippen molar-refractivity contribution in [2.75, 3.05) is 46.9 Å². The molecule has 7 nitrogen and oxygen atoms in total. The van der Waals surface area contributed by atoms with E-state index in [9.17, 15) is 9.59 Å². The predicted octanol–water partition coefficient (Wildman–Crippen LogP) is 0.369. The van der Waals surface area contributed by atoms with Crippen molar-refractivity contribution in [3.8, 4) is 11.5 Å². The maximum Gasteiger partial charge on any atom is 0.254 e. The number of amides is 2. The van der Waals surface area contributed by atoms with E-state index in [0.717, 1.165) is 0 Å². The average molecular weight is 344 g/mol. The van der Waals surface area contributed by atoms with Crippen molar-refractivity contribution in [1.82, 2.24) is 9.80 Å². The Balaban J connectivity index is 0.00000264. The molecule has 0 aliphatic carbocycles. The van der Waals surface area contributed by atoms with Gasteiger partial charge in [0.2, 0.25) is 5.91 Å². The highest BCUT2D eigenvalue weighted by molar-refractivity contribution is 5.95. The molecule has 0 unspecified atom stereocenters. The molecular formula is C15H22ClN3O4. The Kier molecular flexibility index (Phi) is 7.12. The maximum atomic E-state index is 12.6. The van der Waals surface area contributed by atoms with E-state index in [0.29, 0.717) is 43.2 Å². The molecule has 0 spiro atoms. The molecule has 2 amide bonds. The van der Waals surface area contributed by atoms with Crippen LogP contribution in [0, 0.1) is 0 Å². The van der Waals surface area contributed by atoms with Gasteiger partial charge in [0.25, 0.3) is 5.91 Å². The van der Waals surface area contributed by atoms with Gasteiger partial charge in [0.1, 0.15) is 11.5 Å². The van der Waals surface area contributed by atoms with Crippen molar-refractivity contribution in [2.45, 2.75) is 0 Å². The number of piperazine rings is 1. The molecule has 1 aromatic rings. The molecule has 128 valence electrons. The molecule has 1 heterocycles. The van der Waals surface area contributed by atoms with Crippen molar-refractivity contribution in [3.63, 3.8) is 0 Å². The zero-order valence-corrected chi connectivity index (χ0v) is 14.1. The van der Waals surface area contributed by atoms with E-state index in [1.807, 2.05) is 0 Å². The lowest BCUT2D eigenvalue weighted by molar-refractivity contribution is -0.131. The van der Waals surface area contributed by atoms with Gasteiger partial charge in [-0.3, -0.25) is 9.59 Å². The Morgan fingerprint density at radius 3 is 1.91 bits per heavy atom. The van der Waals surface area contributed by atoms with E-state index in [1.54, 1.807) is 42.2 Å². The van der Waals surface area contributed by atoms with Gasteiger partial charge in [-0.25, -0.2) is 0 Å². The number of carbonyl (C=O) groups excluding carboxylic acids is 2. The van der Waals surface area contributed by atoms with Gasteiger partial charge in [-0.15, -0.1) is 12.4 Å². The predicted molar refractivity (Wildman–Crippen MR) is 88.3 cm³/mol. The monoisotopic (exact) mass is 343 g/mol. The normalized spacial score (nSPS) is 14.0. The summed E-state index contributed by atoms with van der Waals surface area (Å²) in [5.74, 6) is 0.950. The van der Waals surface area contributed by atoms with E-state index in [1.165, 1.54) is 0 Å². The fourth-order valence-electron chi connectivity index (χ4n) is 2.40. The number of halogens is 1. The molecule has 23 heavy (non-hydrogen) atoms. The summed E-state index contributed by atoms with van der Waals surface area (Å²) in [6.07, 6.45) is 0. The lowest BCUT2D eigenvalue weighted by atomic mass is 10.1. The van der Waals surface area contributed by atoms with Gasteiger partial charge < -0.3 is 25.0 Å². The summed E-state index contributed by atoms with van der Waals surface area (Å²) < 4.78 is 10.4. The van der Waals surface area contributed by atoms with Crippen molar-refractivity contribution < 1.29 is 19.1 Å². The second-order valence-electron chi connectivity index (χ2n) is 4.98. The van der Waals surface area contributed by atoms with Crippen LogP contribution in [0.3, 0.4) is 0 Å². The van der Waals surface area contributed by atoms with Crippen LogP contribution in [0.5, 0.6) is 11.5 Å². The largest absolute Gasteiger partial charge is 0.497 e. The molecule has 0 radical (unpaired) electrons. The molecule has 1 aliphatic heterocycles. The minimum Gasteiger partial charge on any atom is -0.497 e. The van der Waals surface area contributed by atoms with Gasteiger partial charge >= 0.3 is 0 Å². The molecule has 0 saturated carbocycles. The number of nitrogens with two attached hydrogens (primary N) is 1. The molecule has 1 aliphatic rings. The summed E-state index contributed by atoms with van der Waals surface area (Å²) in [5.41, 5.74) is 5.86. The van der Waals surface area contributed by atoms with Crippen LogP contribution < -0.4 is 15.2 Å². The first-order valence-electron chi connectivity index (χ1n) is 7.09. The van der Waals surface area contributed by atoms with Gasteiger partial charge in [0, 0.05) is 37.8 Å². The second-order valence-corrected chi connectivity index (χ2v) is 4.98. The van der Waals surface area contributed by atoms with Crippen molar-refractivity contribution >= 4 is 24.2 Å². The van der Waals surface area contributed by atoms with Gasteiger partial charge in [0.05, 0.1) is 20.8 Å². The number of rotatable bonds is 4. The highest BCUT2D eigenvalue weighted by atomic mass is 35.5. The van der Waals surface area contributed by atoms with E-state index in [4.69, 9.17) is 15.2 Å². The summed E-state index contributed by atoms with van der Waals surface area (Å²) in [6.45, 7) is 1.99. The first kappa shape index (κ1) is 19.1. The van der Waals surface area contributed by atoms with E-state index in [2.05, 4.69) is 0 Å². The molecule has 2 N–H and O–H groups in total. The Morgan fingerprint density at radius 2 is 1.48 bits per heavy atom. The smallest absolute Gasteiger partial charge is 0.254 e.